The summed E-state index contributed by atoms with van der Waals surface area (Å²) in [5.41, 5.74) is 0. The maximum absolute atomic E-state index is 9.53. The van der Waals surface area contributed by atoms with E-state index in [0.29, 0.717) is 6.04 Å². The van der Waals surface area contributed by atoms with Gasteiger partial charge in [0.05, 0.1) is 12.6 Å². The molecule has 6 heteroatoms. The van der Waals surface area contributed by atoms with Gasteiger partial charge in [-0.05, 0) is 45.2 Å². The molecule has 0 spiro atoms. The third-order valence-corrected chi connectivity index (χ3v) is 5.66. The van der Waals surface area contributed by atoms with E-state index < -0.39 is 0 Å². The van der Waals surface area contributed by atoms with Crippen LogP contribution in [0.4, 0.5) is 11.6 Å². The van der Waals surface area contributed by atoms with Crippen molar-refractivity contribution in [1.82, 2.24) is 14.9 Å². The van der Waals surface area contributed by atoms with Crippen molar-refractivity contribution < 1.29 is 5.11 Å². The van der Waals surface area contributed by atoms with Crippen molar-refractivity contribution in [3.8, 4) is 0 Å². The molecule has 0 radical (unpaired) electrons. The van der Waals surface area contributed by atoms with Gasteiger partial charge in [-0.15, -0.1) is 0 Å². The van der Waals surface area contributed by atoms with Crippen LogP contribution in [0.15, 0.2) is 12.4 Å². The number of hydrogen-bond donors (Lipinski definition) is 1. The van der Waals surface area contributed by atoms with Crippen LogP contribution in [-0.4, -0.2) is 71.4 Å². The normalized spacial score (nSPS) is 28.9. The van der Waals surface area contributed by atoms with Crippen LogP contribution in [0.1, 0.15) is 32.1 Å². The van der Waals surface area contributed by atoms with Gasteiger partial charge in [0.2, 0.25) is 0 Å². The summed E-state index contributed by atoms with van der Waals surface area (Å²) in [5.74, 6) is 2.01. The molecule has 2 atom stereocenters. The second-order valence-electron chi connectivity index (χ2n) is 7.04. The molecule has 6 nitrogen and oxygen atoms in total. The van der Waals surface area contributed by atoms with Gasteiger partial charge in [0.25, 0.3) is 0 Å². The Morgan fingerprint density at radius 1 is 1.00 bits per heavy atom. The number of aromatic nitrogens is 2. The maximum atomic E-state index is 9.53. The average Bonchev–Trinajstić information content (AvgIpc) is 3.34. The molecule has 1 aromatic heterocycles. The molecule has 3 aliphatic rings. The molecule has 3 aliphatic heterocycles. The first-order valence-electron chi connectivity index (χ1n) is 9.03. The van der Waals surface area contributed by atoms with Gasteiger partial charge in [0, 0.05) is 31.7 Å². The van der Waals surface area contributed by atoms with Gasteiger partial charge < -0.3 is 14.9 Å². The maximum Gasteiger partial charge on any atom is 0.134 e. The van der Waals surface area contributed by atoms with Gasteiger partial charge in [-0.25, -0.2) is 9.97 Å². The molecule has 0 saturated carbocycles. The van der Waals surface area contributed by atoms with Crippen LogP contribution in [0, 0.1) is 0 Å². The van der Waals surface area contributed by atoms with Gasteiger partial charge in [-0.2, -0.15) is 0 Å². The molecule has 4 rings (SSSR count). The number of aliphatic hydroxyl groups is 1. The van der Waals surface area contributed by atoms with E-state index in [0.717, 1.165) is 44.1 Å². The Morgan fingerprint density at radius 2 is 1.83 bits per heavy atom. The molecule has 3 saturated heterocycles. The van der Waals surface area contributed by atoms with E-state index in [9.17, 15) is 5.11 Å². The molecule has 23 heavy (non-hydrogen) atoms. The van der Waals surface area contributed by atoms with Crippen molar-refractivity contribution >= 4 is 11.6 Å². The van der Waals surface area contributed by atoms with Crippen LogP contribution in [0.2, 0.25) is 0 Å². The lowest BCUT2D eigenvalue weighted by atomic mass is 10.2. The summed E-state index contributed by atoms with van der Waals surface area (Å²) >= 11 is 0. The highest BCUT2D eigenvalue weighted by Crippen LogP contribution is 2.28. The zero-order valence-corrected chi connectivity index (χ0v) is 13.8. The zero-order valence-electron chi connectivity index (χ0n) is 13.8. The molecule has 0 aliphatic carbocycles. The predicted octanol–water partition coefficient (Wildman–Crippen LogP) is 1.11. The number of anilines is 2. The molecule has 1 aromatic rings. The van der Waals surface area contributed by atoms with Crippen molar-refractivity contribution in [2.24, 2.45) is 0 Å². The van der Waals surface area contributed by atoms with Gasteiger partial charge >= 0.3 is 0 Å². The van der Waals surface area contributed by atoms with Crippen molar-refractivity contribution in [3.63, 3.8) is 0 Å². The standard InChI is InChI=1S/C17H27N5O/c23-12-15-4-3-8-22(15)17-10-16(18-13-19-17)21-9-5-14(11-21)20-6-1-2-7-20/h10,13-15,23H,1-9,11-12H2. The van der Waals surface area contributed by atoms with Crippen molar-refractivity contribution in [2.45, 2.75) is 44.2 Å². The second-order valence-corrected chi connectivity index (χ2v) is 7.04. The van der Waals surface area contributed by atoms with Crippen molar-refractivity contribution in [1.29, 1.82) is 0 Å². The first kappa shape index (κ1) is 15.1. The molecule has 0 bridgehead atoms. The Labute approximate surface area is 138 Å². The van der Waals surface area contributed by atoms with E-state index in [-0.39, 0.29) is 12.6 Å². The summed E-state index contributed by atoms with van der Waals surface area (Å²) in [5, 5.41) is 9.53. The van der Waals surface area contributed by atoms with Crippen LogP contribution >= 0.6 is 0 Å². The molecule has 3 fully saturated rings. The van der Waals surface area contributed by atoms with Crippen LogP contribution in [-0.2, 0) is 0 Å². The minimum Gasteiger partial charge on any atom is -0.394 e. The molecule has 126 valence electrons. The smallest absolute Gasteiger partial charge is 0.134 e. The fourth-order valence-corrected chi connectivity index (χ4v) is 4.35. The quantitative estimate of drug-likeness (QED) is 0.898. The number of likely N-dealkylation sites (tertiary alicyclic amines) is 1. The minimum atomic E-state index is 0.208. The Balaban J connectivity index is 1.46. The topological polar surface area (TPSA) is 55.7 Å². The first-order valence-corrected chi connectivity index (χ1v) is 9.03. The number of rotatable bonds is 4. The highest BCUT2D eigenvalue weighted by Gasteiger charge is 2.31. The molecule has 4 heterocycles. The van der Waals surface area contributed by atoms with Crippen LogP contribution in [0.25, 0.3) is 0 Å². The molecule has 0 aromatic carbocycles. The number of aliphatic hydroxyl groups excluding tert-OH is 1. The van der Waals surface area contributed by atoms with E-state index in [2.05, 4.69) is 30.7 Å². The summed E-state index contributed by atoms with van der Waals surface area (Å²) < 4.78 is 0. The fraction of sp³-hybridized carbons (Fsp3) is 0.765. The third-order valence-electron chi connectivity index (χ3n) is 5.66. The molecule has 2 unspecified atom stereocenters. The zero-order chi connectivity index (χ0) is 15.6. The summed E-state index contributed by atoms with van der Waals surface area (Å²) in [7, 11) is 0. The first-order chi connectivity index (χ1) is 11.3. The predicted molar refractivity (Wildman–Crippen MR) is 90.9 cm³/mol. The summed E-state index contributed by atoms with van der Waals surface area (Å²) in [6.45, 7) is 5.89. The van der Waals surface area contributed by atoms with Gasteiger partial charge in [-0.3, -0.25) is 4.90 Å². The van der Waals surface area contributed by atoms with Crippen molar-refractivity contribution in [3.05, 3.63) is 12.4 Å². The van der Waals surface area contributed by atoms with Gasteiger partial charge in [-0.1, -0.05) is 0 Å². The third kappa shape index (κ3) is 3.02. The monoisotopic (exact) mass is 317 g/mol. The summed E-state index contributed by atoms with van der Waals surface area (Å²) in [6.07, 6.45) is 7.81. The summed E-state index contributed by atoms with van der Waals surface area (Å²) in [6, 6.07) is 3.02. The minimum absolute atomic E-state index is 0.208. The lowest BCUT2D eigenvalue weighted by Gasteiger charge is -2.26. The lowest BCUT2D eigenvalue weighted by molar-refractivity contribution is 0.260. The Kier molecular flexibility index (Phi) is 4.35. The average molecular weight is 317 g/mol. The molecule has 1 N–H and O–H groups in total. The SMILES string of the molecule is OCC1CCCN1c1cc(N2CCC(N3CCCC3)C2)ncn1. The van der Waals surface area contributed by atoms with Crippen molar-refractivity contribution in [2.75, 3.05) is 49.1 Å². The molecular weight excluding hydrogens is 290 g/mol. The van der Waals surface area contributed by atoms with Gasteiger partial charge in [0.15, 0.2) is 0 Å². The van der Waals surface area contributed by atoms with E-state index in [1.165, 1.54) is 32.4 Å². The molecule has 0 amide bonds. The van der Waals surface area contributed by atoms with E-state index in [1.54, 1.807) is 6.33 Å². The van der Waals surface area contributed by atoms with Crippen LogP contribution < -0.4 is 9.80 Å². The number of hydrogen-bond acceptors (Lipinski definition) is 6. The highest BCUT2D eigenvalue weighted by atomic mass is 16.3. The van der Waals surface area contributed by atoms with Crippen LogP contribution in [0.5, 0.6) is 0 Å². The Bertz CT molecular complexity index is 533. The van der Waals surface area contributed by atoms with Gasteiger partial charge in [0.1, 0.15) is 18.0 Å². The lowest BCUT2D eigenvalue weighted by Crippen LogP contribution is -2.35. The highest BCUT2D eigenvalue weighted by molar-refractivity contribution is 5.52. The largest absolute Gasteiger partial charge is 0.394 e. The van der Waals surface area contributed by atoms with E-state index in [4.69, 9.17) is 0 Å². The Morgan fingerprint density at radius 3 is 2.65 bits per heavy atom. The Hall–Kier alpha value is -1.40. The van der Waals surface area contributed by atoms with Crippen LogP contribution in [0.3, 0.4) is 0 Å². The fourth-order valence-electron chi connectivity index (χ4n) is 4.35. The second kappa shape index (κ2) is 6.61. The number of nitrogens with zero attached hydrogens (tertiary/aromatic N) is 5. The molecular formula is C17H27N5O. The van der Waals surface area contributed by atoms with E-state index in [1.807, 2.05) is 0 Å². The van der Waals surface area contributed by atoms with E-state index >= 15 is 0 Å². The summed E-state index contributed by atoms with van der Waals surface area (Å²) in [4.78, 5) is 16.2.